The van der Waals surface area contributed by atoms with Crippen molar-refractivity contribution in [3.8, 4) is 0 Å². The molecule has 0 aromatic carbocycles. The van der Waals surface area contributed by atoms with Gasteiger partial charge in [-0.15, -0.1) is 0 Å². The number of pyridine rings is 1. The van der Waals surface area contributed by atoms with Crippen LogP contribution in [0.4, 0.5) is 0 Å². The van der Waals surface area contributed by atoms with Crippen molar-refractivity contribution in [2.75, 3.05) is 11.5 Å². The fraction of sp³-hybridized carbons (Fsp3) is 0.417. The third kappa shape index (κ3) is 2.03. The molecule has 1 fully saturated rings. The van der Waals surface area contributed by atoms with Gasteiger partial charge in [0.1, 0.15) is 0 Å². The Morgan fingerprint density at radius 3 is 2.89 bits per heavy atom. The van der Waals surface area contributed by atoms with E-state index in [9.17, 15) is 13.2 Å². The van der Waals surface area contributed by atoms with E-state index in [0.717, 1.165) is 17.4 Å². The maximum Gasteiger partial charge on any atom is 0.158 e. The zero-order valence-electron chi connectivity index (χ0n) is 10.4. The smallest absolute Gasteiger partial charge is 0.158 e. The predicted molar refractivity (Wildman–Crippen MR) is 70.0 cm³/mol. The fourth-order valence-electron chi connectivity index (χ4n) is 2.47. The van der Waals surface area contributed by atoms with Gasteiger partial charge in [-0.1, -0.05) is 0 Å². The summed E-state index contributed by atoms with van der Waals surface area (Å²) < 4.78 is 24.8. The quantitative estimate of drug-likeness (QED) is 0.763. The first-order chi connectivity index (χ1) is 9.00. The molecule has 0 saturated carbocycles. The Bertz CT molecular complexity index is 764. The summed E-state index contributed by atoms with van der Waals surface area (Å²) in [5.41, 5.74) is 1.90. The Kier molecular flexibility index (Phi) is 2.67. The number of sulfone groups is 1. The van der Waals surface area contributed by atoms with Gasteiger partial charge in [-0.25, -0.2) is 18.1 Å². The summed E-state index contributed by atoms with van der Waals surface area (Å²) in [7, 11) is -2.96. The molecule has 0 aliphatic carbocycles. The standard InChI is InChI=1S/C12H13N3O3S/c1-8-11-4-9(6-16)5-13-12(11)15(14-8)10-2-3-19(17,18)7-10/h4-6,10H,2-3,7H2,1H3/t10-/m0/s1. The fourth-order valence-corrected chi connectivity index (χ4v) is 4.16. The van der Waals surface area contributed by atoms with E-state index in [1.165, 1.54) is 6.20 Å². The summed E-state index contributed by atoms with van der Waals surface area (Å²) in [4.78, 5) is 15.0. The monoisotopic (exact) mass is 279 g/mol. The maximum atomic E-state index is 11.5. The Hall–Kier alpha value is -1.76. The topological polar surface area (TPSA) is 81.9 Å². The lowest BCUT2D eigenvalue weighted by Gasteiger charge is -2.08. The van der Waals surface area contributed by atoms with Gasteiger partial charge < -0.3 is 0 Å². The molecular formula is C12H13N3O3S. The van der Waals surface area contributed by atoms with Gasteiger partial charge in [0.05, 0.1) is 23.2 Å². The molecule has 1 aliphatic heterocycles. The van der Waals surface area contributed by atoms with Crippen LogP contribution < -0.4 is 0 Å². The highest BCUT2D eigenvalue weighted by molar-refractivity contribution is 7.91. The third-order valence-electron chi connectivity index (χ3n) is 3.44. The van der Waals surface area contributed by atoms with Crippen LogP contribution in [0.25, 0.3) is 11.0 Å². The predicted octanol–water partition coefficient (Wildman–Crippen LogP) is 0.912. The van der Waals surface area contributed by atoms with E-state index in [1.54, 1.807) is 10.7 Å². The number of hydrogen-bond donors (Lipinski definition) is 0. The summed E-state index contributed by atoms with van der Waals surface area (Å²) in [6.45, 7) is 1.83. The number of nitrogens with zero attached hydrogens (tertiary/aromatic N) is 3. The average Bonchev–Trinajstić information content (AvgIpc) is 2.90. The molecular weight excluding hydrogens is 266 g/mol. The van der Waals surface area contributed by atoms with Gasteiger partial charge in [-0.3, -0.25) is 4.79 Å². The number of fused-ring (bicyclic) bond motifs is 1. The lowest BCUT2D eigenvalue weighted by atomic mass is 10.2. The minimum Gasteiger partial charge on any atom is -0.298 e. The van der Waals surface area contributed by atoms with E-state index >= 15 is 0 Å². The van der Waals surface area contributed by atoms with Crippen molar-refractivity contribution in [3.63, 3.8) is 0 Å². The second-order valence-corrected chi connectivity index (χ2v) is 7.07. The maximum absolute atomic E-state index is 11.5. The Labute approximate surface area is 110 Å². The average molecular weight is 279 g/mol. The molecule has 1 aliphatic rings. The van der Waals surface area contributed by atoms with Crippen molar-refractivity contribution >= 4 is 27.2 Å². The number of aldehydes is 1. The summed E-state index contributed by atoms with van der Waals surface area (Å²) in [6, 6.07) is 1.58. The molecule has 6 nitrogen and oxygen atoms in total. The first-order valence-electron chi connectivity index (χ1n) is 6.00. The molecule has 0 amide bonds. The number of aryl methyl sites for hydroxylation is 1. The minimum absolute atomic E-state index is 0.111. The molecule has 0 unspecified atom stereocenters. The molecule has 0 N–H and O–H groups in total. The van der Waals surface area contributed by atoms with Gasteiger partial charge in [0.15, 0.2) is 21.8 Å². The highest BCUT2D eigenvalue weighted by atomic mass is 32.2. The van der Waals surface area contributed by atoms with Crippen LogP contribution in [-0.2, 0) is 9.84 Å². The van der Waals surface area contributed by atoms with E-state index in [0.29, 0.717) is 17.6 Å². The summed E-state index contributed by atoms with van der Waals surface area (Å²) >= 11 is 0. The van der Waals surface area contributed by atoms with Crippen molar-refractivity contribution in [2.24, 2.45) is 0 Å². The van der Waals surface area contributed by atoms with Crippen LogP contribution in [-0.4, -0.2) is 41.0 Å². The van der Waals surface area contributed by atoms with E-state index < -0.39 is 9.84 Å². The number of carbonyl (C=O) groups excluding carboxylic acids is 1. The van der Waals surface area contributed by atoms with Gasteiger partial charge in [0.25, 0.3) is 0 Å². The molecule has 0 bridgehead atoms. The summed E-state index contributed by atoms with van der Waals surface area (Å²) in [6.07, 6.45) is 2.79. The first-order valence-corrected chi connectivity index (χ1v) is 7.83. The number of aromatic nitrogens is 3. The van der Waals surface area contributed by atoms with E-state index in [2.05, 4.69) is 10.1 Å². The van der Waals surface area contributed by atoms with Crippen molar-refractivity contribution in [1.29, 1.82) is 0 Å². The van der Waals surface area contributed by atoms with Gasteiger partial charge in [-0.05, 0) is 19.4 Å². The van der Waals surface area contributed by atoms with Crippen LogP contribution >= 0.6 is 0 Å². The molecule has 100 valence electrons. The lowest BCUT2D eigenvalue weighted by molar-refractivity contribution is 0.112. The van der Waals surface area contributed by atoms with E-state index in [1.807, 2.05) is 6.92 Å². The molecule has 1 saturated heterocycles. The van der Waals surface area contributed by atoms with Crippen LogP contribution in [0.3, 0.4) is 0 Å². The molecule has 7 heteroatoms. The molecule has 2 aromatic heterocycles. The van der Waals surface area contributed by atoms with Gasteiger partial charge in [-0.2, -0.15) is 5.10 Å². The Balaban J connectivity index is 2.13. The van der Waals surface area contributed by atoms with Gasteiger partial charge >= 0.3 is 0 Å². The second kappa shape index (κ2) is 4.12. The number of hydrogen-bond acceptors (Lipinski definition) is 5. The lowest BCUT2D eigenvalue weighted by Crippen LogP contribution is -2.13. The molecule has 0 spiro atoms. The number of rotatable bonds is 2. The zero-order valence-corrected chi connectivity index (χ0v) is 11.2. The molecule has 3 rings (SSSR count). The van der Waals surface area contributed by atoms with Crippen molar-refractivity contribution in [3.05, 3.63) is 23.5 Å². The van der Waals surface area contributed by atoms with Gasteiger partial charge in [0, 0.05) is 17.1 Å². The normalized spacial score (nSPS) is 21.8. The Morgan fingerprint density at radius 1 is 1.47 bits per heavy atom. The Morgan fingerprint density at radius 2 is 2.26 bits per heavy atom. The van der Waals surface area contributed by atoms with E-state index in [-0.39, 0.29) is 17.5 Å². The van der Waals surface area contributed by atoms with Crippen LogP contribution in [0.2, 0.25) is 0 Å². The molecule has 2 aromatic rings. The van der Waals surface area contributed by atoms with Crippen LogP contribution in [0, 0.1) is 6.92 Å². The first kappa shape index (κ1) is 12.3. The number of carbonyl (C=O) groups is 1. The minimum atomic E-state index is -2.96. The largest absolute Gasteiger partial charge is 0.298 e. The summed E-state index contributed by atoms with van der Waals surface area (Å²) in [5, 5.41) is 5.19. The molecule has 1 atom stereocenters. The van der Waals surface area contributed by atoms with Crippen molar-refractivity contribution in [2.45, 2.75) is 19.4 Å². The zero-order chi connectivity index (χ0) is 13.6. The second-order valence-electron chi connectivity index (χ2n) is 4.84. The highest BCUT2D eigenvalue weighted by Crippen LogP contribution is 2.27. The van der Waals surface area contributed by atoms with Crippen LogP contribution in [0.15, 0.2) is 12.3 Å². The molecule has 0 radical (unpaired) electrons. The highest BCUT2D eigenvalue weighted by Gasteiger charge is 2.31. The molecule has 19 heavy (non-hydrogen) atoms. The van der Waals surface area contributed by atoms with Crippen LogP contribution in [0.5, 0.6) is 0 Å². The van der Waals surface area contributed by atoms with Crippen molar-refractivity contribution < 1.29 is 13.2 Å². The molecule has 3 heterocycles. The van der Waals surface area contributed by atoms with E-state index in [4.69, 9.17) is 0 Å². The summed E-state index contributed by atoms with van der Waals surface area (Å²) in [5.74, 6) is 0.310. The SMILES string of the molecule is Cc1nn([C@H]2CCS(=O)(=O)C2)c2ncc(C=O)cc12. The third-order valence-corrected chi connectivity index (χ3v) is 5.19. The van der Waals surface area contributed by atoms with Crippen molar-refractivity contribution in [1.82, 2.24) is 14.8 Å². The van der Waals surface area contributed by atoms with Crippen LogP contribution in [0.1, 0.15) is 28.5 Å². The van der Waals surface area contributed by atoms with Gasteiger partial charge in [0.2, 0.25) is 0 Å².